The fraction of sp³-hybridized carbons (Fsp3) is 0.211. The fourth-order valence-corrected chi connectivity index (χ4v) is 2.80. The van der Waals surface area contributed by atoms with Gasteiger partial charge in [-0.05, 0) is 38.1 Å². The van der Waals surface area contributed by atoms with Gasteiger partial charge in [0.25, 0.3) is 5.91 Å². The number of ether oxygens (including phenoxy) is 1. The predicted molar refractivity (Wildman–Crippen MR) is 98.1 cm³/mol. The topological polar surface area (TPSA) is 110 Å². The molecule has 1 aromatic carbocycles. The highest BCUT2D eigenvalue weighted by Crippen LogP contribution is 2.22. The van der Waals surface area contributed by atoms with E-state index < -0.39 is 18.5 Å². The smallest absolute Gasteiger partial charge is 0.339 e. The summed E-state index contributed by atoms with van der Waals surface area (Å²) in [5.41, 5.74) is 3.09. The van der Waals surface area contributed by atoms with Crippen LogP contribution in [0.1, 0.15) is 27.3 Å². The van der Waals surface area contributed by atoms with Gasteiger partial charge in [0.1, 0.15) is 0 Å². The molecule has 0 aliphatic carbocycles. The number of nitrogens with zero attached hydrogens (tertiary/aromatic N) is 4. The lowest BCUT2D eigenvalue weighted by Gasteiger charge is -2.08. The second-order valence-electron chi connectivity index (χ2n) is 6.04. The number of nitrogens with one attached hydrogen (secondary N) is 1. The zero-order valence-electron chi connectivity index (χ0n) is 15.1. The Bertz CT molecular complexity index is 1090. The number of aryl methyl sites for hydroxylation is 3. The van der Waals surface area contributed by atoms with E-state index in [0.717, 1.165) is 0 Å². The molecule has 0 aliphatic rings. The van der Waals surface area contributed by atoms with Crippen molar-refractivity contribution in [1.29, 1.82) is 5.26 Å². The monoisotopic (exact) mass is 363 g/mol. The van der Waals surface area contributed by atoms with Gasteiger partial charge >= 0.3 is 5.97 Å². The third-order valence-electron chi connectivity index (χ3n) is 3.93. The summed E-state index contributed by atoms with van der Waals surface area (Å²) in [5, 5.41) is 16.4. The number of esters is 1. The zero-order chi connectivity index (χ0) is 19.6. The lowest BCUT2D eigenvalue weighted by molar-refractivity contribution is -0.119. The average molecular weight is 363 g/mol. The fourth-order valence-electron chi connectivity index (χ4n) is 2.80. The summed E-state index contributed by atoms with van der Waals surface area (Å²) in [4.78, 5) is 29.0. The van der Waals surface area contributed by atoms with E-state index in [9.17, 15) is 9.59 Å². The first-order chi connectivity index (χ1) is 12.9. The van der Waals surface area contributed by atoms with Crippen LogP contribution in [0, 0.1) is 25.2 Å². The first-order valence-corrected chi connectivity index (χ1v) is 8.17. The van der Waals surface area contributed by atoms with Gasteiger partial charge in [-0.25, -0.2) is 9.78 Å². The minimum absolute atomic E-state index is 0.322. The van der Waals surface area contributed by atoms with Crippen LogP contribution in [0.2, 0.25) is 0 Å². The maximum absolute atomic E-state index is 12.5. The molecule has 1 N–H and O–H groups in total. The van der Waals surface area contributed by atoms with Crippen molar-refractivity contribution in [2.45, 2.75) is 13.8 Å². The maximum Gasteiger partial charge on any atom is 0.339 e. The third-order valence-corrected chi connectivity index (χ3v) is 3.93. The van der Waals surface area contributed by atoms with Crippen molar-refractivity contribution in [1.82, 2.24) is 14.8 Å². The number of fused-ring (bicyclic) bond motifs is 1. The van der Waals surface area contributed by atoms with Crippen LogP contribution in [-0.4, -0.2) is 33.2 Å². The van der Waals surface area contributed by atoms with Gasteiger partial charge in [0, 0.05) is 18.4 Å². The van der Waals surface area contributed by atoms with Crippen LogP contribution >= 0.6 is 0 Å². The minimum Gasteiger partial charge on any atom is -0.452 e. The van der Waals surface area contributed by atoms with Gasteiger partial charge in [-0.15, -0.1) is 0 Å². The lowest BCUT2D eigenvalue weighted by atomic mass is 10.1. The molecule has 0 saturated heterocycles. The van der Waals surface area contributed by atoms with E-state index in [4.69, 9.17) is 10.00 Å². The second kappa shape index (κ2) is 7.25. The number of carbonyl (C=O) groups excluding carboxylic acids is 2. The summed E-state index contributed by atoms with van der Waals surface area (Å²) in [7, 11) is 1.75. The normalized spacial score (nSPS) is 10.4. The lowest BCUT2D eigenvalue weighted by Crippen LogP contribution is -2.21. The van der Waals surface area contributed by atoms with Crippen LogP contribution in [0.5, 0.6) is 0 Å². The van der Waals surface area contributed by atoms with Crippen LogP contribution in [0.3, 0.4) is 0 Å². The largest absolute Gasteiger partial charge is 0.452 e. The number of benzene rings is 1. The molecule has 0 bridgehead atoms. The van der Waals surface area contributed by atoms with Crippen molar-refractivity contribution in [2.24, 2.45) is 7.05 Å². The Balaban J connectivity index is 1.73. The first-order valence-electron chi connectivity index (χ1n) is 8.17. The van der Waals surface area contributed by atoms with E-state index in [-0.39, 0.29) is 0 Å². The summed E-state index contributed by atoms with van der Waals surface area (Å²) in [6, 6.07) is 10.1. The molecule has 0 aliphatic heterocycles. The van der Waals surface area contributed by atoms with Crippen molar-refractivity contribution in [3.8, 4) is 6.07 Å². The van der Waals surface area contributed by atoms with Crippen molar-refractivity contribution >= 4 is 28.6 Å². The van der Waals surface area contributed by atoms with E-state index in [1.807, 2.05) is 6.07 Å². The summed E-state index contributed by atoms with van der Waals surface area (Å²) in [6.45, 7) is 3.11. The molecule has 136 valence electrons. The predicted octanol–water partition coefficient (Wildman–Crippen LogP) is 2.25. The number of pyridine rings is 1. The summed E-state index contributed by atoms with van der Waals surface area (Å²) in [5.74, 6) is -1.12. The number of carbonyl (C=O) groups is 2. The molecule has 3 rings (SSSR count). The molecule has 27 heavy (non-hydrogen) atoms. The minimum atomic E-state index is -0.623. The summed E-state index contributed by atoms with van der Waals surface area (Å²) < 4.78 is 6.77. The maximum atomic E-state index is 12.5. The highest BCUT2D eigenvalue weighted by molar-refractivity contribution is 6.04. The van der Waals surface area contributed by atoms with Gasteiger partial charge < -0.3 is 10.1 Å². The highest BCUT2D eigenvalue weighted by atomic mass is 16.5. The third kappa shape index (κ3) is 3.77. The molecule has 8 nitrogen and oxygen atoms in total. The quantitative estimate of drug-likeness (QED) is 0.712. The average Bonchev–Trinajstić information content (AvgIpc) is 2.93. The molecular weight excluding hydrogens is 346 g/mol. The van der Waals surface area contributed by atoms with Crippen molar-refractivity contribution < 1.29 is 14.3 Å². The van der Waals surface area contributed by atoms with E-state index in [2.05, 4.69) is 15.4 Å². The molecule has 8 heteroatoms. The van der Waals surface area contributed by atoms with Crippen LogP contribution < -0.4 is 5.32 Å². The van der Waals surface area contributed by atoms with E-state index >= 15 is 0 Å². The van der Waals surface area contributed by atoms with Crippen molar-refractivity contribution in [3.63, 3.8) is 0 Å². The first kappa shape index (κ1) is 18.1. The number of amides is 1. The number of hydrogen-bond donors (Lipinski definition) is 1. The van der Waals surface area contributed by atoms with E-state index in [0.29, 0.717) is 39.2 Å². The van der Waals surface area contributed by atoms with Gasteiger partial charge in [0.05, 0.1) is 28.3 Å². The Morgan fingerprint density at radius 1 is 1.30 bits per heavy atom. The van der Waals surface area contributed by atoms with Crippen LogP contribution in [-0.2, 0) is 16.6 Å². The van der Waals surface area contributed by atoms with E-state index in [1.165, 1.54) is 6.07 Å². The number of aromatic nitrogens is 3. The number of hydrogen-bond acceptors (Lipinski definition) is 6. The van der Waals surface area contributed by atoms with E-state index in [1.54, 1.807) is 49.8 Å². The van der Waals surface area contributed by atoms with Gasteiger partial charge in [-0.1, -0.05) is 6.07 Å². The molecule has 2 aromatic heterocycles. The van der Waals surface area contributed by atoms with Crippen molar-refractivity contribution in [3.05, 3.63) is 52.8 Å². The number of rotatable bonds is 4. The molecule has 0 unspecified atom stereocenters. The molecular formula is C19H17N5O3. The van der Waals surface area contributed by atoms with Gasteiger partial charge in [-0.3, -0.25) is 9.48 Å². The highest BCUT2D eigenvalue weighted by Gasteiger charge is 2.19. The van der Waals surface area contributed by atoms with Crippen LogP contribution in [0.15, 0.2) is 30.3 Å². The molecule has 0 spiro atoms. The molecule has 0 atom stereocenters. The second-order valence-corrected chi connectivity index (χ2v) is 6.04. The summed E-state index contributed by atoms with van der Waals surface area (Å²) in [6.07, 6.45) is 0. The number of nitriles is 1. The van der Waals surface area contributed by atoms with Crippen molar-refractivity contribution in [2.75, 3.05) is 11.9 Å². The SMILES string of the molecule is Cc1cc(C(=O)OCC(=O)Nc2cccc(C#N)c2)c2c(C)nn(C)c2n1. The van der Waals surface area contributed by atoms with Gasteiger partial charge in [0.2, 0.25) is 0 Å². The molecule has 0 saturated carbocycles. The molecule has 3 aromatic rings. The Morgan fingerprint density at radius 3 is 2.81 bits per heavy atom. The Hall–Kier alpha value is -3.73. The zero-order valence-corrected chi connectivity index (χ0v) is 15.1. The van der Waals surface area contributed by atoms with Crippen LogP contribution in [0.4, 0.5) is 5.69 Å². The molecule has 1 amide bonds. The Morgan fingerprint density at radius 2 is 2.07 bits per heavy atom. The molecule has 2 heterocycles. The summed E-state index contributed by atoms with van der Waals surface area (Å²) >= 11 is 0. The standard InChI is InChI=1S/C19H17N5O3/c1-11-7-15(17-12(2)23-24(3)18(17)21-11)19(26)27-10-16(25)22-14-6-4-5-13(8-14)9-20/h4-8H,10H2,1-3H3,(H,22,25). The Kier molecular flexibility index (Phi) is 4.86. The molecule has 0 fully saturated rings. The Labute approximate surface area is 155 Å². The van der Waals surface area contributed by atoms with Crippen LogP contribution in [0.25, 0.3) is 11.0 Å². The number of anilines is 1. The van der Waals surface area contributed by atoms with Gasteiger partial charge in [-0.2, -0.15) is 10.4 Å². The molecule has 0 radical (unpaired) electrons. The van der Waals surface area contributed by atoms with Gasteiger partial charge in [0.15, 0.2) is 12.3 Å².